The summed E-state index contributed by atoms with van der Waals surface area (Å²) in [6.07, 6.45) is 0.275. The smallest absolute Gasteiger partial charge is 0.308 e. The van der Waals surface area contributed by atoms with Crippen molar-refractivity contribution in [2.45, 2.75) is 32.8 Å². The molecule has 0 saturated heterocycles. The molecule has 0 spiro atoms. The number of esters is 1. The molecule has 0 aromatic carbocycles. The van der Waals surface area contributed by atoms with Crippen LogP contribution < -0.4 is 11.1 Å². The van der Waals surface area contributed by atoms with Crippen molar-refractivity contribution in [1.29, 1.82) is 0 Å². The quantitative estimate of drug-likeness (QED) is 0.650. The summed E-state index contributed by atoms with van der Waals surface area (Å²) in [7, 11) is 0. The van der Waals surface area contributed by atoms with Crippen LogP contribution in [-0.4, -0.2) is 23.1 Å². The van der Waals surface area contributed by atoms with E-state index in [-0.39, 0.29) is 12.4 Å². The molecule has 0 amide bonds. The Balaban J connectivity index is 2.40. The number of nitrogens with two attached hydrogens (primary N) is 1. The zero-order valence-corrected chi connectivity index (χ0v) is 11.5. The molecular weight excluding hydrogens is 254 g/mol. The fraction of sp³-hybridized carbons (Fsp3) is 0.500. The second-order valence-corrected chi connectivity index (χ2v) is 5.25. The van der Waals surface area contributed by atoms with Crippen molar-refractivity contribution in [1.82, 2.24) is 4.98 Å². The summed E-state index contributed by atoms with van der Waals surface area (Å²) in [6.45, 7) is 5.96. The van der Waals surface area contributed by atoms with Gasteiger partial charge in [0.05, 0.1) is 6.42 Å². The number of carbonyl (C=O) groups excluding carboxylic acids is 1. The Kier molecular flexibility index (Phi) is 4.78. The third kappa shape index (κ3) is 5.72. The first-order chi connectivity index (χ1) is 8.26. The molecule has 0 saturated carbocycles. The van der Waals surface area contributed by atoms with Gasteiger partial charge in [-0.3, -0.25) is 4.79 Å². The minimum atomic E-state index is -0.457. The van der Waals surface area contributed by atoms with E-state index < -0.39 is 5.60 Å². The molecule has 5 nitrogen and oxygen atoms in total. The molecule has 1 aromatic heterocycles. The highest BCUT2D eigenvalue weighted by atomic mass is 35.5. The van der Waals surface area contributed by atoms with Crippen molar-refractivity contribution in [2.24, 2.45) is 0 Å². The molecule has 18 heavy (non-hydrogen) atoms. The summed E-state index contributed by atoms with van der Waals surface area (Å²) in [6, 6.07) is 3.30. The van der Waals surface area contributed by atoms with Gasteiger partial charge in [-0.05, 0) is 26.8 Å². The van der Waals surface area contributed by atoms with Crippen LogP contribution in [0.15, 0.2) is 12.1 Å². The molecule has 1 heterocycles. The average Bonchev–Trinajstić information content (AvgIpc) is 2.12. The Labute approximate surface area is 112 Å². The van der Waals surface area contributed by atoms with E-state index in [0.29, 0.717) is 17.5 Å². The molecule has 1 aromatic rings. The van der Waals surface area contributed by atoms with E-state index in [4.69, 9.17) is 22.1 Å². The zero-order chi connectivity index (χ0) is 13.8. The van der Waals surface area contributed by atoms with Crippen molar-refractivity contribution in [2.75, 3.05) is 17.6 Å². The van der Waals surface area contributed by atoms with Gasteiger partial charge in [-0.15, -0.1) is 0 Å². The van der Waals surface area contributed by atoms with Crippen LogP contribution in [-0.2, 0) is 9.53 Å². The van der Waals surface area contributed by atoms with Crippen LogP contribution in [0.2, 0.25) is 5.15 Å². The number of carbonyl (C=O) groups is 1. The summed E-state index contributed by atoms with van der Waals surface area (Å²) >= 11 is 5.76. The Morgan fingerprint density at radius 2 is 2.17 bits per heavy atom. The van der Waals surface area contributed by atoms with E-state index in [1.165, 1.54) is 0 Å². The van der Waals surface area contributed by atoms with E-state index in [2.05, 4.69) is 10.3 Å². The second kappa shape index (κ2) is 5.91. The Morgan fingerprint density at radius 3 is 2.72 bits per heavy atom. The van der Waals surface area contributed by atoms with Crippen LogP contribution in [0.25, 0.3) is 0 Å². The van der Waals surface area contributed by atoms with Gasteiger partial charge >= 0.3 is 5.97 Å². The van der Waals surface area contributed by atoms with Crippen LogP contribution in [0.5, 0.6) is 0 Å². The van der Waals surface area contributed by atoms with E-state index in [1.807, 2.05) is 20.8 Å². The third-order valence-electron chi connectivity index (χ3n) is 1.89. The first kappa shape index (κ1) is 14.6. The first-order valence-electron chi connectivity index (χ1n) is 5.65. The predicted octanol–water partition coefficient (Wildman–Crippen LogP) is 2.46. The Hall–Kier alpha value is -1.49. The number of rotatable bonds is 4. The highest BCUT2D eigenvalue weighted by Gasteiger charge is 2.15. The third-order valence-corrected chi connectivity index (χ3v) is 2.09. The maximum Gasteiger partial charge on any atom is 0.308 e. The highest BCUT2D eigenvalue weighted by Crippen LogP contribution is 2.16. The first-order valence-corrected chi connectivity index (χ1v) is 6.03. The largest absolute Gasteiger partial charge is 0.460 e. The van der Waals surface area contributed by atoms with Crippen LogP contribution in [0, 0.1) is 0 Å². The summed E-state index contributed by atoms with van der Waals surface area (Å²) in [5, 5.41) is 3.35. The molecule has 3 N–H and O–H groups in total. The Bertz CT molecular complexity index is 410. The van der Waals surface area contributed by atoms with E-state index >= 15 is 0 Å². The van der Waals surface area contributed by atoms with E-state index in [1.54, 1.807) is 12.1 Å². The summed E-state index contributed by atoms with van der Waals surface area (Å²) < 4.78 is 5.18. The fourth-order valence-corrected chi connectivity index (χ4v) is 1.54. The van der Waals surface area contributed by atoms with Crippen molar-refractivity contribution < 1.29 is 9.53 Å². The number of anilines is 2. The lowest BCUT2D eigenvalue weighted by molar-refractivity contribution is -0.154. The van der Waals surface area contributed by atoms with Gasteiger partial charge in [0.1, 0.15) is 16.6 Å². The van der Waals surface area contributed by atoms with Crippen molar-refractivity contribution in [3.05, 3.63) is 17.3 Å². The molecule has 0 aliphatic carbocycles. The molecule has 100 valence electrons. The Morgan fingerprint density at radius 1 is 1.50 bits per heavy atom. The van der Waals surface area contributed by atoms with Crippen LogP contribution >= 0.6 is 11.6 Å². The standard InChI is InChI=1S/C12H18ClN3O2/c1-12(2,3)18-11(17)4-5-15-8-6-9(13)16-10(14)7-8/h6-7H,4-5H2,1-3H3,(H3,14,15,16). The lowest BCUT2D eigenvalue weighted by Gasteiger charge is -2.19. The number of hydrogen-bond donors (Lipinski definition) is 2. The number of nitrogens with zero attached hydrogens (tertiary/aromatic N) is 1. The molecule has 6 heteroatoms. The zero-order valence-electron chi connectivity index (χ0n) is 10.8. The highest BCUT2D eigenvalue weighted by molar-refractivity contribution is 6.29. The summed E-state index contributed by atoms with van der Waals surface area (Å²) in [4.78, 5) is 15.3. The average molecular weight is 272 g/mol. The van der Waals surface area contributed by atoms with E-state index in [9.17, 15) is 4.79 Å². The molecule has 0 atom stereocenters. The van der Waals surface area contributed by atoms with Crippen molar-refractivity contribution in [3.63, 3.8) is 0 Å². The topological polar surface area (TPSA) is 77.2 Å². The van der Waals surface area contributed by atoms with Gasteiger partial charge in [0.15, 0.2) is 0 Å². The SMILES string of the molecule is CC(C)(C)OC(=O)CCNc1cc(N)nc(Cl)c1. The van der Waals surface area contributed by atoms with Crippen LogP contribution in [0.4, 0.5) is 11.5 Å². The molecule has 0 aliphatic heterocycles. The van der Waals surface area contributed by atoms with Gasteiger partial charge in [0.2, 0.25) is 0 Å². The van der Waals surface area contributed by atoms with Gasteiger partial charge in [0.25, 0.3) is 0 Å². The second-order valence-electron chi connectivity index (χ2n) is 4.87. The van der Waals surface area contributed by atoms with Gasteiger partial charge in [0, 0.05) is 18.3 Å². The maximum atomic E-state index is 11.5. The van der Waals surface area contributed by atoms with Crippen LogP contribution in [0.1, 0.15) is 27.2 Å². The maximum absolute atomic E-state index is 11.5. The molecule has 0 aliphatic rings. The van der Waals surface area contributed by atoms with Gasteiger partial charge < -0.3 is 15.8 Å². The minimum Gasteiger partial charge on any atom is -0.460 e. The van der Waals surface area contributed by atoms with Crippen molar-refractivity contribution in [3.8, 4) is 0 Å². The number of halogens is 1. The summed E-state index contributed by atoms with van der Waals surface area (Å²) in [5.41, 5.74) is 5.82. The van der Waals surface area contributed by atoms with Crippen LogP contribution in [0.3, 0.4) is 0 Å². The predicted molar refractivity (Wildman–Crippen MR) is 72.6 cm³/mol. The number of aromatic nitrogens is 1. The molecule has 0 unspecified atom stereocenters. The molecule has 1 rings (SSSR count). The number of nitrogens with one attached hydrogen (secondary N) is 1. The lowest BCUT2D eigenvalue weighted by atomic mass is 10.2. The fourth-order valence-electron chi connectivity index (χ4n) is 1.32. The normalized spacial score (nSPS) is 11.1. The number of hydrogen-bond acceptors (Lipinski definition) is 5. The minimum absolute atomic E-state index is 0.247. The number of pyridine rings is 1. The van der Waals surface area contributed by atoms with Crippen molar-refractivity contribution >= 4 is 29.1 Å². The summed E-state index contributed by atoms with van der Waals surface area (Å²) in [5.74, 6) is 0.0883. The molecular formula is C12H18ClN3O2. The monoisotopic (exact) mass is 271 g/mol. The molecule has 0 bridgehead atoms. The van der Waals surface area contributed by atoms with Gasteiger partial charge in [-0.1, -0.05) is 11.6 Å². The molecule has 0 radical (unpaired) electrons. The number of nitrogen functional groups attached to an aromatic ring is 1. The van der Waals surface area contributed by atoms with E-state index in [0.717, 1.165) is 5.69 Å². The van der Waals surface area contributed by atoms with Gasteiger partial charge in [-0.25, -0.2) is 4.98 Å². The number of ether oxygens (including phenoxy) is 1. The lowest BCUT2D eigenvalue weighted by Crippen LogP contribution is -2.25. The molecule has 0 fully saturated rings. The van der Waals surface area contributed by atoms with Gasteiger partial charge in [-0.2, -0.15) is 0 Å².